The number of rotatable bonds is 4. The van der Waals surface area contributed by atoms with Crippen molar-refractivity contribution in [1.29, 1.82) is 0 Å². The Labute approximate surface area is 148 Å². The zero-order chi connectivity index (χ0) is 17.4. The van der Waals surface area contributed by atoms with E-state index in [0.717, 1.165) is 33.1 Å². The molecule has 1 aliphatic rings. The van der Waals surface area contributed by atoms with Crippen molar-refractivity contribution in [3.05, 3.63) is 40.9 Å². The molecule has 24 heavy (non-hydrogen) atoms. The van der Waals surface area contributed by atoms with Gasteiger partial charge in [0.1, 0.15) is 10.9 Å². The molecule has 0 saturated carbocycles. The molecule has 1 aliphatic heterocycles. The Bertz CT molecular complexity index is 883. The number of carboxylic acids is 1. The molecule has 1 amide bonds. The SMILES string of the molecule is CC(C)n1cc(/C=C2\SC(=S)N(CC(=O)O)C2=O)c2ccccc21. The van der Waals surface area contributed by atoms with Gasteiger partial charge in [-0.2, -0.15) is 0 Å². The monoisotopic (exact) mass is 360 g/mol. The van der Waals surface area contributed by atoms with Gasteiger partial charge in [-0.3, -0.25) is 14.5 Å². The lowest BCUT2D eigenvalue weighted by molar-refractivity contribution is -0.140. The highest BCUT2D eigenvalue weighted by atomic mass is 32.2. The number of nitrogens with zero attached hydrogens (tertiary/aromatic N) is 2. The maximum atomic E-state index is 12.4. The maximum absolute atomic E-state index is 12.4. The molecule has 1 fully saturated rings. The summed E-state index contributed by atoms with van der Waals surface area (Å²) in [5.41, 5.74) is 2.02. The minimum absolute atomic E-state index is 0.279. The summed E-state index contributed by atoms with van der Waals surface area (Å²) in [4.78, 5) is 24.9. The fourth-order valence-corrected chi connectivity index (χ4v) is 3.93. The van der Waals surface area contributed by atoms with E-state index in [1.165, 1.54) is 0 Å². The number of carboxylic acid groups (broad SMARTS) is 1. The van der Waals surface area contributed by atoms with E-state index in [2.05, 4.69) is 18.4 Å². The third-order valence-corrected chi connectivity index (χ3v) is 5.16. The molecule has 1 N–H and O–H groups in total. The van der Waals surface area contributed by atoms with Crippen molar-refractivity contribution in [3.63, 3.8) is 0 Å². The van der Waals surface area contributed by atoms with Gasteiger partial charge >= 0.3 is 5.97 Å². The summed E-state index contributed by atoms with van der Waals surface area (Å²) >= 11 is 6.27. The standard InChI is InChI=1S/C17H16N2O3S2/c1-10(2)18-8-11(12-5-3-4-6-13(12)18)7-14-16(22)19(9-15(20)21)17(23)24-14/h3-8,10H,9H2,1-2H3,(H,20,21)/b14-7-. The van der Waals surface area contributed by atoms with Crippen LogP contribution in [0.4, 0.5) is 0 Å². The first kappa shape index (κ1) is 16.7. The van der Waals surface area contributed by atoms with Crippen molar-refractivity contribution < 1.29 is 14.7 Å². The number of para-hydroxylation sites is 1. The van der Waals surface area contributed by atoms with E-state index in [0.29, 0.717) is 10.9 Å². The maximum Gasteiger partial charge on any atom is 0.323 e. The zero-order valence-corrected chi connectivity index (χ0v) is 14.9. The van der Waals surface area contributed by atoms with Gasteiger partial charge in [0.05, 0.1) is 4.91 Å². The minimum Gasteiger partial charge on any atom is -0.480 e. The number of carbonyl (C=O) groups excluding carboxylic acids is 1. The Morgan fingerprint density at radius 3 is 2.75 bits per heavy atom. The molecule has 2 aromatic rings. The second-order valence-electron chi connectivity index (χ2n) is 5.76. The van der Waals surface area contributed by atoms with Gasteiger partial charge in [-0.05, 0) is 26.0 Å². The Balaban J connectivity index is 2.03. The summed E-state index contributed by atoms with van der Waals surface area (Å²) in [5.74, 6) is -1.43. The number of thioether (sulfide) groups is 1. The number of aliphatic carboxylic acids is 1. The molecule has 124 valence electrons. The lowest BCUT2D eigenvalue weighted by atomic mass is 10.1. The lowest BCUT2D eigenvalue weighted by Gasteiger charge is -2.10. The second-order valence-corrected chi connectivity index (χ2v) is 7.44. The Hall–Kier alpha value is -2.12. The van der Waals surface area contributed by atoms with Crippen LogP contribution in [0.2, 0.25) is 0 Å². The fourth-order valence-electron chi connectivity index (χ4n) is 2.69. The van der Waals surface area contributed by atoms with Crippen LogP contribution in [-0.2, 0) is 9.59 Å². The molecule has 1 saturated heterocycles. The number of hydrogen-bond donors (Lipinski definition) is 1. The van der Waals surface area contributed by atoms with E-state index in [-0.39, 0.29) is 10.2 Å². The number of thiocarbonyl (C=S) groups is 1. The molecule has 0 unspecified atom stereocenters. The summed E-state index contributed by atoms with van der Waals surface area (Å²) in [5, 5.41) is 9.96. The molecule has 0 atom stereocenters. The molecule has 0 spiro atoms. The molecular weight excluding hydrogens is 344 g/mol. The molecule has 1 aromatic heterocycles. The van der Waals surface area contributed by atoms with E-state index in [1.54, 1.807) is 6.08 Å². The summed E-state index contributed by atoms with van der Waals surface area (Å²) in [6.45, 7) is 3.79. The predicted octanol–water partition coefficient (Wildman–Crippen LogP) is 3.51. The highest BCUT2D eigenvalue weighted by Crippen LogP contribution is 2.34. The van der Waals surface area contributed by atoms with Crippen LogP contribution in [0.25, 0.3) is 17.0 Å². The van der Waals surface area contributed by atoms with Crippen LogP contribution in [0, 0.1) is 0 Å². The van der Waals surface area contributed by atoms with Gasteiger partial charge in [0.15, 0.2) is 0 Å². The molecule has 3 rings (SSSR count). The third kappa shape index (κ3) is 2.97. The van der Waals surface area contributed by atoms with Gasteiger partial charge in [-0.25, -0.2) is 0 Å². The van der Waals surface area contributed by atoms with Crippen molar-refractivity contribution in [2.75, 3.05) is 6.54 Å². The first-order chi connectivity index (χ1) is 11.4. The molecule has 5 nitrogen and oxygen atoms in total. The van der Waals surface area contributed by atoms with Crippen molar-refractivity contribution in [2.24, 2.45) is 0 Å². The van der Waals surface area contributed by atoms with Gasteiger partial charge < -0.3 is 9.67 Å². The first-order valence-corrected chi connectivity index (χ1v) is 8.67. The van der Waals surface area contributed by atoms with Gasteiger partial charge in [0, 0.05) is 28.7 Å². The zero-order valence-electron chi connectivity index (χ0n) is 13.2. The highest BCUT2D eigenvalue weighted by Gasteiger charge is 2.33. The lowest BCUT2D eigenvalue weighted by Crippen LogP contribution is -2.33. The van der Waals surface area contributed by atoms with Gasteiger partial charge in [-0.15, -0.1) is 0 Å². The quantitative estimate of drug-likeness (QED) is 0.668. The van der Waals surface area contributed by atoms with Crippen LogP contribution in [0.5, 0.6) is 0 Å². The van der Waals surface area contributed by atoms with Crippen LogP contribution in [-0.4, -0.2) is 37.3 Å². The first-order valence-electron chi connectivity index (χ1n) is 7.45. The third-order valence-electron chi connectivity index (χ3n) is 3.78. The minimum atomic E-state index is -1.08. The van der Waals surface area contributed by atoms with Crippen LogP contribution < -0.4 is 0 Å². The van der Waals surface area contributed by atoms with Crippen molar-refractivity contribution in [1.82, 2.24) is 9.47 Å². The second kappa shape index (κ2) is 6.41. The normalized spacial score (nSPS) is 16.8. The smallest absolute Gasteiger partial charge is 0.323 e. The van der Waals surface area contributed by atoms with E-state index in [1.807, 2.05) is 30.5 Å². The van der Waals surface area contributed by atoms with E-state index >= 15 is 0 Å². The van der Waals surface area contributed by atoms with Crippen LogP contribution in [0.3, 0.4) is 0 Å². The summed E-state index contributed by atoms with van der Waals surface area (Å²) < 4.78 is 2.43. The number of aromatic nitrogens is 1. The molecule has 1 aromatic carbocycles. The predicted molar refractivity (Wildman–Crippen MR) is 99.8 cm³/mol. The van der Waals surface area contributed by atoms with Gasteiger partial charge in [0.2, 0.25) is 0 Å². The number of benzene rings is 1. The molecule has 2 heterocycles. The number of hydrogen-bond acceptors (Lipinski definition) is 4. The Morgan fingerprint density at radius 1 is 1.38 bits per heavy atom. The Kier molecular flexibility index (Phi) is 4.47. The van der Waals surface area contributed by atoms with Gasteiger partial charge in [-0.1, -0.05) is 42.2 Å². The van der Waals surface area contributed by atoms with E-state index < -0.39 is 12.5 Å². The van der Waals surface area contributed by atoms with E-state index in [9.17, 15) is 9.59 Å². The van der Waals surface area contributed by atoms with Crippen LogP contribution in [0.1, 0.15) is 25.5 Å². The average molecular weight is 360 g/mol. The summed E-state index contributed by atoms with van der Waals surface area (Å²) in [6.07, 6.45) is 3.81. The van der Waals surface area contributed by atoms with Crippen molar-refractivity contribution in [2.45, 2.75) is 19.9 Å². The van der Waals surface area contributed by atoms with Gasteiger partial charge in [0.25, 0.3) is 5.91 Å². The average Bonchev–Trinajstić information content (AvgIpc) is 3.01. The molecule has 0 aliphatic carbocycles. The number of amides is 1. The largest absolute Gasteiger partial charge is 0.480 e. The fraction of sp³-hybridized carbons (Fsp3) is 0.235. The summed E-state index contributed by atoms with van der Waals surface area (Å²) in [6, 6.07) is 8.29. The van der Waals surface area contributed by atoms with Crippen molar-refractivity contribution >= 4 is 57.2 Å². The van der Waals surface area contributed by atoms with Crippen LogP contribution >= 0.6 is 24.0 Å². The Morgan fingerprint density at radius 2 is 2.08 bits per heavy atom. The topological polar surface area (TPSA) is 62.5 Å². The molecule has 0 radical (unpaired) electrons. The molecule has 0 bridgehead atoms. The highest BCUT2D eigenvalue weighted by molar-refractivity contribution is 8.26. The van der Waals surface area contributed by atoms with E-state index in [4.69, 9.17) is 17.3 Å². The number of carbonyl (C=O) groups is 2. The van der Waals surface area contributed by atoms with Crippen molar-refractivity contribution in [3.8, 4) is 0 Å². The molecule has 7 heteroatoms. The van der Waals surface area contributed by atoms with Crippen LogP contribution in [0.15, 0.2) is 35.4 Å². The molecular formula is C17H16N2O3S2. The number of fused-ring (bicyclic) bond motifs is 1. The summed E-state index contributed by atoms with van der Waals surface area (Å²) in [7, 11) is 0.